The third-order valence-corrected chi connectivity index (χ3v) is 22.9. The summed E-state index contributed by atoms with van der Waals surface area (Å²) in [6.07, 6.45) is 8.02. The topological polar surface area (TPSA) is 33.1 Å². The van der Waals surface area contributed by atoms with Crippen molar-refractivity contribution >= 4 is 32.7 Å². The molecule has 116 valence electrons. The SMILES string of the molecule is CCC[CH2][Sn]([CH2]CCC)([CH2]CCC)[c]1nc(CO)cs1. The van der Waals surface area contributed by atoms with Crippen LogP contribution in [-0.2, 0) is 6.61 Å². The Morgan fingerprint density at radius 3 is 1.85 bits per heavy atom. The molecule has 0 radical (unpaired) electrons. The summed E-state index contributed by atoms with van der Waals surface area (Å²) in [6.45, 7) is 7.01. The first-order valence-electron chi connectivity index (χ1n) is 8.28. The summed E-state index contributed by atoms with van der Waals surface area (Å²) < 4.78 is 5.87. The monoisotopic (exact) mass is 405 g/mol. The minimum atomic E-state index is -2.30. The van der Waals surface area contributed by atoms with Gasteiger partial charge in [0.15, 0.2) is 0 Å². The van der Waals surface area contributed by atoms with Gasteiger partial charge in [-0.1, -0.05) is 0 Å². The summed E-state index contributed by atoms with van der Waals surface area (Å²) in [7, 11) is 0. The molecule has 0 aliphatic carbocycles. The maximum absolute atomic E-state index is 9.31. The molecule has 0 amide bonds. The molecule has 0 saturated carbocycles. The van der Waals surface area contributed by atoms with E-state index in [9.17, 15) is 5.11 Å². The predicted octanol–water partition coefficient (Wildman–Crippen LogP) is 4.69. The minimum absolute atomic E-state index is 0.105. The Morgan fingerprint density at radius 2 is 1.50 bits per heavy atom. The van der Waals surface area contributed by atoms with Crippen LogP contribution in [-0.4, -0.2) is 28.5 Å². The molecule has 20 heavy (non-hydrogen) atoms. The first kappa shape index (κ1) is 18.4. The Labute approximate surface area is 132 Å². The molecule has 1 rings (SSSR count). The van der Waals surface area contributed by atoms with Crippen molar-refractivity contribution in [3.8, 4) is 0 Å². The standard InChI is InChI=1S/C4H4NOS.3C4H9.Sn/c6-1-4-2-7-3-5-4;3*1-3-4-2;/h2,6H,1H2;3*1,3-4H2,2H3;. The van der Waals surface area contributed by atoms with E-state index in [1.807, 2.05) is 11.3 Å². The van der Waals surface area contributed by atoms with Gasteiger partial charge in [0.25, 0.3) is 0 Å². The first-order chi connectivity index (χ1) is 9.72. The Kier molecular flexibility index (Phi) is 9.38. The van der Waals surface area contributed by atoms with Gasteiger partial charge < -0.3 is 0 Å². The number of hydrogen-bond donors (Lipinski definition) is 1. The fourth-order valence-electron chi connectivity index (χ4n) is 2.86. The number of unbranched alkanes of at least 4 members (excludes halogenated alkanes) is 3. The van der Waals surface area contributed by atoms with E-state index in [1.165, 1.54) is 54.9 Å². The average molecular weight is 404 g/mol. The summed E-state index contributed by atoms with van der Waals surface area (Å²) in [5.74, 6) is 0. The van der Waals surface area contributed by atoms with Crippen LogP contribution < -0.4 is 3.02 Å². The van der Waals surface area contributed by atoms with Gasteiger partial charge in [-0.2, -0.15) is 0 Å². The quantitative estimate of drug-likeness (QED) is 0.543. The summed E-state index contributed by atoms with van der Waals surface area (Å²) in [4.78, 5) is 4.82. The second-order valence-corrected chi connectivity index (χ2v) is 20.7. The van der Waals surface area contributed by atoms with Crippen LogP contribution in [0.15, 0.2) is 5.38 Å². The van der Waals surface area contributed by atoms with Crippen LogP contribution in [0.1, 0.15) is 65.0 Å². The average Bonchev–Trinajstić information content (AvgIpc) is 2.96. The van der Waals surface area contributed by atoms with Crippen LogP contribution in [0, 0.1) is 0 Å². The van der Waals surface area contributed by atoms with Gasteiger partial charge in [0.1, 0.15) is 0 Å². The molecule has 0 fully saturated rings. The van der Waals surface area contributed by atoms with Gasteiger partial charge in [0.2, 0.25) is 0 Å². The zero-order chi connectivity index (χ0) is 14.8. The molecule has 0 bridgehead atoms. The molecule has 1 heterocycles. The van der Waals surface area contributed by atoms with Crippen molar-refractivity contribution < 1.29 is 5.11 Å². The van der Waals surface area contributed by atoms with E-state index in [2.05, 4.69) is 26.2 Å². The van der Waals surface area contributed by atoms with Crippen molar-refractivity contribution in [2.45, 2.75) is 79.2 Å². The van der Waals surface area contributed by atoms with E-state index >= 15 is 0 Å². The van der Waals surface area contributed by atoms with Crippen LogP contribution in [0.25, 0.3) is 0 Å². The van der Waals surface area contributed by atoms with Crippen molar-refractivity contribution in [3.63, 3.8) is 0 Å². The molecule has 0 aliphatic rings. The van der Waals surface area contributed by atoms with Gasteiger partial charge in [-0.3, -0.25) is 0 Å². The Morgan fingerprint density at radius 1 is 1.00 bits per heavy atom. The van der Waals surface area contributed by atoms with Gasteiger partial charge >= 0.3 is 133 Å². The van der Waals surface area contributed by atoms with Crippen LogP contribution in [0.5, 0.6) is 0 Å². The second kappa shape index (κ2) is 10.2. The van der Waals surface area contributed by atoms with Gasteiger partial charge in [-0.25, -0.2) is 0 Å². The molecule has 2 nitrogen and oxygen atoms in total. The number of nitrogens with zero attached hydrogens (tertiary/aromatic N) is 1. The molecular formula is C16H31NOSSn. The van der Waals surface area contributed by atoms with E-state index in [0.29, 0.717) is 0 Å². The first-order valence-corrected chi connectivity index (χ1v) is 16.6. The predicted molar refractivity (Wildman–Crippen MR) is 92.6 cm³/mol. The molecule has 0 aromatic carbocycles. The van der Waals surface area contributed by atoms with Crippen LogP contribution >= 0.6 is 11.3 Å². The van der Waals surface area contributed by atoms with Crippen LogP contribution in [0.2, 0.25) is 13.3 Å². The number of aliphatic hydroxyl groups excluding tert-OH is 1. The number of hydrogen-bond acceptors (Lipinski definition) is 3. The van der Waals surface area contributed by atoms with Crippen LogP contribution in [0.4, 0.5) is 0 Å². The van der Waals surface area contributed by atoms with Crippen molar-refractivity contribution in [3.05, 3.63) is 11.1 Å². The molecule has 0 atom stereocenters. The zero-order valence-corrected chi connectivity index (χ0v) is 17.1. The fourth-order valence-corrected chi connectivity index (χ4v) is 22.2. The van der Waals surface area contributed by atoms with E-state index in [-0.39, 0.29) is 6.61 Å². The Hall–Kier alpha value is 0.389. The molecule has 0 aliphatic heterocycles. The van der Waals surface area contributed by atoms with Crippen LogP contribution in [0.3, 0.4) is 0 Å². The Bertz CT molecular complexity index is 345. The molecular weight excluding hydrogens is 373 g/mol. The third-order valence-electron chi connectivity index (χ3n) is 4.19. The van der Waals surface area contributed by atoms with Crippen molar-refractivity contribution in [2.24, 2.45) is 0 Å². The molecule has 0 unspecified atom stereocenters. The summed E-state index contributed by atoms with van der Waals surface area (Å²) >= 11 is -0.448. The second-order valence-electron chi connectivity index (χ2n) is 5.89. The number of aromatic nitrogens is 1. The number of aliphatic hydroxyl groups is 1. The van der Waals surface area contributed by atoms with E-state index in [1.54, 1.807) is 0 Å². The van der Waals surface area contributed by atoms with Crippen molar-refractivity contribution in [1.82, 2.24) is 4.98 Å². The van der Waals surface area contributed by atoms with Crippen molar-refractivity contribution in [1.29, 1.82) is 0 Å². The summed E-state index contributed by atoms with van der Waals surface area (Å²) in [5, 5.41) is 11.4. The maximum atomic E-state index is 9.31. The molecule has 1 aromatic heterocycles. The zero-order valence-electron chi connectivity index (χ0n) is 13.5. The van der Waals surface area contributed by atoms with Gasteiger partial charge in [0.05, 0.1) is 0 Å². The van der Waals surface area contributed by atoms with Gasteiger partial charge in [0, 0.05) is 0 Å². The summed E-state index contributed by atoms with van der Waals surface area (Å²) in [6, 6.07) is 0. The van der Waals surface area contributed by atoms with E-state index < -0.39 is 18.4 Å². The van der Waals surface area contributed by atoms with Crippen molar-refractivity contribution in [2.75, 3.05) is 0 Å². The normalized spacial score (nSPS) is 12.0. The van der Waals surface area contributed by atoms with Gasteiger partial charge in [-0.05, 0) is 0 Å². The number of rotatable bonds is 11. The molecule has 0 saturated heterocycles. The van der Waals surface area contributed by atoms with Gasteiger partial charge in [-0.15, -0.1) is 0 Å². The molecule has 1 aromatic rings. The Balaban J connectivity index is 2.97. The fraction of sp³-hybridized carbons (Fsp3) is 0.812. The third kappa shape index (κ3) is 5.30. The van der Waals surface area contributed by atoms with E-state index in [4.69, 9.17) is 4.98 Å². The summed E-state index contributed by atoms with van der Waals surface area (Å²) in [5.41, 5.74) is 0.899. The molecule has 0 spiro atoms. The molecule has 1 N–H and O–H groups in total. The molecule has 4 heteroatoms. The van der Waals surface area contributed by atoms with E-state index in [0.717, 1.165) is 5.69 Å². The number of thiazole rings is 1.